The third-order valence-electron chi connectivity index (χ3n) is 9.05. The van der Waals surface area contributed by atoms with Crippen LogP contribution in [0.4, 0.5) is 22.8 Å². The van der Waals surface area contributed by atoms with Crippen LogP contribution < -0.4 is 4.74 Å². The zero-order valence-electron chi connectivity index (χ0n) is 32.7. The fourth-order valence-electron chi connectivity index (χ4n) is 6.51. The lowest BCUT2D eigenvalue weighted by Gasteiger charge is -2.34. The van der Waals surface area contributed by atoms with Gasteiger partial charge in [-0.15, -0.1) is 0 Å². The first-order valence-electron chi connectivity index (χ1n) is 18.4. The van der Waals surface area contributed by atoms with Gasteiger partial charge in [-0.1, -0.05) is 48.5 Å². The second kappa shape index (κ2) is 18.6. The van der Waals surface area contributed by atoms with Crippen LogP contribution in [-0.2, 0) is 37.0 Å². The van der Waals surface area contributed by atoms with E-state index >= 15 is 0 Å². The number of hydrogen-bond acceptors (Lipinski definition) is 8. The normalized spacial score (nSPS) is 15.9. The summed E-state index contributed by atoms with van der Waals surface area (Å²) in [5.74, 6) is -3.27. The van der Waals surface area contributed by atoms with E-state index in [0.29, 0.717) is 38.3 Å². The van der Waals surface area contributed by atoms with Crippen LogP contribution in [0.2, 0.25) is 0 Å². The Morgan fingerprint density at radius 3 is 1.44 bits per heavy atom. The van der Waals surface area contributed by atoms with Crippen LogP contribution in [0.1, 0.15) is 101 Å². The van der Waals surface area contributed by atoms with Crippen molar-refractivity contribution in [3.8, 4) is 5.75 Å². The van der Waals surface area contributed by atoms with Gasteiger partial charge in [0, 0.05) is 38.3 Å². The second-order valence-corrected chi connectivity index (χ2v) is 17.5. The monoisotopic (exact) mass is 790 g/mol. The number of amides is 2. The number of nitrogens with zero attached hydrogens (tertiary/aromatic N) is 2. The third-order valence-corrected chi connectivity index (χ3v) is 9.59. The summed E-state index contributed by atoms with van der Waals surface area (Å²) < 4.78 is 84.4. The molecule has 55 heavy (non-hydrogen) atoms. The molecule has 0 spiro atoms. The minimum absolute atomic E-state index is 0.0398. The van der Waals surface area contributed by atoms with Crippen molar-refractivity contribution in [2.24, 2.45) is 0 Å². The number of carbonyl (C=O) groups is 2. The molecule has 302 valence electrons. The van der Waals surface area contributed by atoms with Crippen molar-refractivity contribution < 1.29 is 49.6 Å². The quantitative estimate of drug-likeness (QED) is 0.208. The van der Waals surface area contributed by atoms with Crippen molar-refractivity contribution in [2.75, 3.05) is 32.4 Å². The molecule has 3 aromatic rings. The summed E-state index contributed by atoms with van der Waals surface area (Å²) in [6.07, 6.45) is 3.57. The molecule has 2 aliphatic rings. The fraction of sp³-hybridized carbons (Fsp3) is 0.512. The molecular formula is C41H53F3N2O8S. The number of carbonyl (C=O) groups excluding carboxylic acids is 2. The minimum atomic E-state index is -3.48. The molecule has 0 radical (unpaired) electrons. The Balaban J connectivity index is 0.000000249. The van der Waals surface area contributed by atoms with E-state index < -0.39 is 44.5 Å². The van der Waals surface area contributed by atoms with E-state index in [9.17, 15) is 31.2 Å². The highest BCUT2D eigenvalue weighted by atomic mass is 32.2. The molecule has 0 bridgehead atoms. The van der Waals surface area contributed by atoms with Gasteiger partial charge in [0.15, 0.2) is 17.4 Å². The Hall–Kier alpha value is -4.30. The Bertz CT molecular complexity index is 1860. The zero-order valence-corrected chi connectivity index (χ0v) is 33.5. The van der Waals surface area contributed by atoms with Crippen LogP contribution in [0.3, 0.4) is 0 Å². The second-order valence-electron chi connectivity index (χ2n) is 15.8. The molecule has 3 aromatic carbocycles. The molecule has 0 saturated carbocycles. The minimum Gasteiger partial charge on any atom is -0.483 e. The average molecular weight is 791 g/mol. The Labute approximate surface area is 323 Å². The summed E-state index contributed by atoms with van der Waals surface area (Å²) >= 11 is 0. The molecule has 0 N–H and O–H groups in total. The van der Waals surface area contributed by atoms with E-state index in [0.717, 1.165) is 54.2 Å². The summed E-state index contributed by atoms with van der Waals surface area (Å²) in [6.45, 7) is 13.5. The number of piperidine rings is 2. The van der Waals surface area contributed by atoms with E-state index in [-0.39, 0.29) is 37.2 Å². The van der Waals surface area contributed by atoms with E-state index in [1.807, 2.05) is 90.1 Å². The molecule has 5 rings (SSSR count). The van der Waals surface area contributed by atoms with Crippen LogP contribution >= 0.6 is 0 Å². The number of halogens is 3. The number of benzene rings is 3. The predicted octanol–water partition coefficient (Wildman–Crippen LogP) is 9.07. The summed E-state index contributed by atoms with van der Waals surface area (Å²) in [5, 5.41) is 0. The van der Waals surface area contributed by atoms with Gasteiger partial charge in [0.2, 0.25) is 0 Å². The average Bonchev–Trinajstić information content (AvgIpc) is 3.09. The van der Waals surface area contributed by atoms with Crippen LogP contribution in [0.15, 0.2) is 60.7 Å². The lowest BCUT2D eigenvalue weighted by Crippen LogP contribution is -2.41. The highest BCUT2D eigenvalue weighted by Crippen LogP contribution is 2.33. The smallest absolute Gasteiger partial charge is 0.410 e. The van der Waals surface area contributed by atoms with Crippen molar-refractivity contribution in [1.29, 1.82) is 0 Å². The fourth-order valence-corrected chi connectivity index (χ4v) is 6.86. The molecule has 2 heterocycles. The van der Waals surface area contributed by atoms with Crippen molar-refractivity contribution >= 4 is 22.3 Å². The summed E-state index contributed by atoms with van der Waals surface area (Å²) in [5.41, 5.74) is 2.76. The number of rotatable bonds is 8. The van der Waals surface area contributed by atoms with Gasteiger partial charge in [0.25, 0.3) is 10.1 Å². The lowest BCUT2D eigenvalue weighted by molar-refractivity contribution is 0.0194. The zero-order chi connectivity index (χ0) is 40.6. The maximum absolute atomic E-state index is 13.9. The largest absolute Gasteiger partial charge is 0.483 e. The summed E-state index contributed by atoms with van der Waals surface area (Å²) in [7, 11) is -3.48. The standard InChI is InChI=1S/C23H26F3NO3.C18H27NO5S/c1-23(2,3)30-22(28)27-10-8-15(9-11-27)18-7-5-4-6-16(18)14-29-21-19(25)12-17(24)13-20(21)26;1-18(2,3)24-17(20)19-11-9-14(10-12-19)16-8-6-5-7-15(16)13-23-25(4,21)22/h4-7,12-13,15H,8-11,14H2,1-3H3;5-8,14H,9-13H2,1-4H3. The molecule has 14 heteroatoms. The summed E-state index contributed by atoms with van der Waals surface area (Å²) in [4.78, 5) is 27.8. The van der Waals surface area contributed by atoms with Gasteiger partial charge in [-0.3, -0.25) is 4.18 Å². The van der Waals surface area contributed by atoms with Crippen LogP contribution in [0.5, 0.6) is 5.75 Å². The molecule has 0 atom stereocenters. The van der Waals surface area contributed by atoms with Crippen LogP contribution in [0.25, 0.3) is 0 Å². The molecule has 0 aliphatic carbocycles. The van der Waals surface area contributed by atoms with Crippen LogP contribution in [0, 0.1) is 17.5 Å². The first kappa shape index (κ1) is 43.4. The highest BCUT2D eigenvalue weighted by Gasteiger charge is 2.30. The summed E-state index contributed by atoms with van der Waals surface area (Å²) in [6, 6.07) is 16.4. The maximum atomic E-state index is 13.9. The molecule has 2 aliphatic heterocycles. The predicted molar refractivity (Wildman–Crippen MR) is 203 cm³/mol. The van der Waals surface area contributed by atoms with Crippen molar-refractivity contribution in [3.63, 3.8) is 0 Å². The van der Waals surface area contributed by atoms with Crippen LogP contribution in [-0.4, -0.2) is 74.0 Å². The Morgan fingerprint density at radius 2 is 1.05 bits per heavy atom. The lowest BCUT2D eigenvalue weighted by atomic mass is 9.87. The molecule has 10 nitrogen and oxygen atoms in total. The Kier molecular flexibility index (Phi) is 14.7. The van der Waals surface area contributed by atoms with Crippen molar-refractivity contribution in [3.05, 3.63) is 100 Å². The van der Waals surface area contributed by atoms with E-state index in [1.54, 1.807) is 9.80 Å². The van der Waals surface area contributed by atoms with Gasteiger partial charge in [0.05, 0.1) is 12.9 Å². The van der Waals surface area contributed by atoms with Gasteiger partial charge < -0.3 is 24.0 Å². The number of likely N-dealkylation sites (tertiary alicyclic amines) is 2. The van der Waals surface area contributed by atoms with Gasteiger partial charge in [-0.05, 0) is 101 Å². The van der Waals surface area contributed by atoms with Gasteiger partial charge in [0.1, 0.15) is 23.6 Å². The number of hydrogen-bond donors (Lipinski definition) is 0. The van der Waals surface area contributed by atoms with Gasteiger partial charge in [-0.2, -0.15) is 8.42 Å². The molecule has 0 unspecified atom stereocenters. The van der Waals surface area contributed by atoms with Crippen molar-refractivity contribution in [2.45, 2.75) is 103 Å². The van der Waals surface area contributed by atoms with E-state index in [1.165, 1.54) is 0 Å². The Morgan fingerprint density at radius 1 is 0.673 bits per heavy atom. The molecule has 0 aromatic heterocycles. The molecule has 2 amide bonds. The molecular weight excluding hydrogens is 738 g/mol. The molecule has 2 saturated heterocycles. The maximum Gasteiger partial charge on any atom is 0.410 e. The van der Waals surface area contributed by atoms with E-state index in [4.69, 9.17) is 18.4 Å². The SMILES string of the molecule is CC(C)(C)OC(=O)N1CCC(c2ccccc2COS(C)(=O)=O)CC1.CC(C)(C)OC(=O)N1CCC(c2ccccc2COc2c(F)cc(F)cc2F)CC1. The number of ether oxygens (including phenoxy) is 3. The van der Waals surface area contributed by atoms with Gasteiger partial charge >= 0.3 is 12.2 Å². The highest BCUT2D eigenvalue weighted by molar-refractivity contribution is 7.85. The van der Waals surface area contributed by atoms with E-state index in [2.05, 4.69) is 0 Å². The molecule has 2 fully saturated rings. The van der Waals surface area contributed by atoms with Gasteiger partial charge in [-0.25, -0.2) is 22.8 Å². The topological polar surface area (TPSA) is 112 Å². The van der Waals surface area contributed by atoms with Crippen molar-refractivity contribution in [1.82, 2.24) is 9.80 Å². The third kappa shape index (κ3) is 13.7. The first-order valence-corrected chi connectivity index (χ1v) is 20.2. The first-order chi connectivity index (χ1) is 25.7.